The molecule has 0 saturated heterocycles. The lowest BCUT2D eigenvalue weighted by Gasteiger charge is -1.92. The number of carboxylic acid groups (broad SMARTS) is 1. The molecule has 1 heterocycles. The summed E-state index contributed by atoms with van der Waals surface area (Å²) in [4.78, 5) is 10.4. The van der Waals surface area contributed by atoms with Crippen molar-refractivity contribution in [2.45, 2.75) is 13.3 Å². The van der Waals surface area contributed by atoms with E-state index in [2.05, 4.69) is 0 Å². The third kappa shape index (κ3) is 1.65. The van der Waals surface area contributed by atoms with Crippen LogP contribution in [0.4, 0.5) is 0 Å². The molecule has 0 radical (unpaired) electrons. The highest BCUT2D eigenvalue weighted by atomic mass is 16.4. The standard InChI is InChI=1S/C8H11NO3/c1-5-4-7(8(10)11)12-6(5)2-3-9/h4H,2-3,9H2,1H3,(H,10,11). The predicted octanol–water partition coefficient (Wildman–Crippen LogP) is 0.787. The van der Waals surface area contributed by atoms with E-state index in [9.17, 15) is 4.79 Å². The van der Waals surface area contributed by atoms with Gasteiger partial charge in [-0.2, -0.15) is 0 Å². The fourth-order valence-electron chi connectivity index (χ4n) is 1.00. The van der Waals surface area contributed by atoms with Gasteiger partial charge in [0.05, 0.1) is 0 Å². The Morgan fingerprint density at radius 1 is 1.75 bits per heavy atom. The van der Waals surface area contributed by atoms with Gasteiger partial charge in [0.25, 0.3) is 0 Å². The Labute approximate surface area is 70.0 Å². The zero-order chi connectivity index (χ0) is 9.14. The highest BCUT2D eigenvalue weighted by Crippen LogP contribution is 2.14. The molecule has 12 heavy (non-hydrogen) atoms. The van der Waals surface area contributed by atoms with Crippen LogP contribution in [0.25, 0.3) is 0 Å². The summed E-state index contributed by atoms with van der Waals surface area (Å²) < 4.78 is 5.04. The normalized spacial score (nSPS) is 10.2. The summed E-state index contributed by atoms with van der Waals surface area (Å²) in [6, 6.07) is 1.51. The molecular weight excluding hydrogens is 158 g/mol. The number of aryl methyl sites for hydroxylation is 1. The van der Waals surface area contributed by atoms with Gasteiger partial charge in [0.15, 0.2) is 0 Å². The molecule has 0 aliphatic carbocycles. The maximum absolute atomic E-state index is 10.4. The third-order valence-corrected chi connectivity index (χ3v) is 1.60. The van der Waals surface area contributed by atoms with Gasteiger partial charge in [0.1, 0.15) is 5.76 Å². The van der Waals surface area contributed by atoms with Crippen LogP contribution in [0.5, 0.6) is 0 Å². The fourth-order valence-corrected chi connectivity index (χ4v) is 1.00. The molecule has 4 heteroatoms. The third-order valence-electron chi connectivity index (χ3n) is 1.60. The summed E-state index contributed by atoms with van der Waals surface area (Å²) in [5.74, 6) is -0.396. The number of carboxylic acids is 1. The van der Waals surface area contributed by atoms with Crippen LogP contribution in [0.1, 0.15) is 21.9 Å². The van der Waals surface area contributed by atoms with Crippen LogP contribution in [0.15, 0.2) is 10.5 Å². The van der Waals surface area contributed by atoms with Crippen molar-refractivity contribution < 1.29 is 14.3 Å². The molecule has 0 saturated carbocycles. The first kappa shape index (κ1) is 8.80. The second kappa shape index (κ2) is 3.40. The smallest absolute Gasteiger partial charge is 0.371 e. The summed E-state index contributed by atoms with van der Waals surface area (Å²) in [5, 5.41) is 8.57. The van der Waals surface area contributed by atoms with Gasteiger partial charge in [-0.3, -0.25) is 0 Å². The molecule has 0 aromatic carbocycles. The van der Waals surface area contributed by atoms with Crippen molar-refractivity contribution in [2.24, 2.45) is 5.73 Å². The number of carbonyl (C=O) groups is 1. The number of hydrogen-bond acceptors (Lipinski definition) is 3. The van der Waals surface area contributed by atoms with Crippen LogP contribution >= 0.6 is 0 Å². The second-order valence-corrected chi connectivity index (χ2v) is 2.56. The Morgan fingerprint density at radius 2 is 2.42 bits per heavy atom. The topological polar surface area (TPSA) is 76.5 Å². The summed E-state index contributed by atoms with van der Waals surface area (Å²) >= 11 is 0. The van der Waals surface area contributed by atoms with Crippen molar-refractivity contribution in [3.8, 4) is 0 Å². The lowest BCUT2D eigenvalue weighted by molar-refractivity contribution is 0.0660. The molecule has 0 amide bonds. The van der Waals surface area contributed by atoms with Gasteiger partial charge in [0, 0.05) is 6.42 Å². The maximum Gasteiger partial charge on any atom is 0.371 e. The highest BCUT2D eigenvalue weighted by Gasteiger charge is 2.11. The highest BCUT2D eigenvalue weighted by molar-refractivity contribution is 5.84. The number of rotatable bonds is 3. The molecular formula is C8H11NO3. The molecule has 0 aliphatic heterocycles. The van der Waals surface area contributed by atoms with E-state index in [1.54, 1.807) is 6.92 Å². The SMILES string of the molecule is Cc1cc(C(=O)O)oc1CCN. The summed E-state index contributed by atoms with van der Waals surface area (Å²) in [6.45, 7) is 2.27. The monoisotopic (exact) mass is 169 g/mol. The Hall–Kier alpha value is -1.29. The molecule has 4 nitrogen and oxygen atoms in total. The molecule has 0 fully saturated rings. The minimum absolute atomic E-state index is 0.0176. The van der Waals surface area contributed by atoms with Crippen molar-refractivity contribution in [1.29, 1.82) is 0 Å². The Morgan fingerprint density at radius 3 is 2.83 bits per heavy atom. The first-order valence-corrected chi connectivity index (χ1v) is 3.68. The molecule has 1 rings (SSSR count). The second-order valence-electron chi connectivity index (χ2n) is 2.56. The number of aromatic carboxylic acids is 1. The summed E-state index contributed by atoms with van der Waals surface area (Å²) in [5.41, 5.74) is 6.15. The molecule has 0 spiro atoms. The summed E-state index contributed by atoms with van der Waals surface area (Å²) in [7, 11) is 0. The van der Waals surface area contributed by atoms with Gasteiger partial charge in [-0.05, 0) is 25.1 Å². The lowest BCUT2D eigenvalue weighted by Crippen LogP contribution is -2.02. The molecule has 0 aliphatic rings. The minimum Gasteiger partial charge on any atom is -0.475 e. The number of nitrogens with two attached hydrogens (primary N) is 1. The van der Waals surface area contributed by atoms with E-state index in [-0.39, 0.29) is 5.76 Å². The zero-order valence-corrected chi connectivity index (χ0v) is 6.83. The maximum atomic E-state index is 10.4. The molecule has 1 aromatic heterocycles. The first-order chi connectivity index (χ1) is 5.65. The van der Waals surface area contributed by atoms with Crippen molar-refractivity contribution in [3.63, 3.8) is 0 Å². The van der Waals surface area contributed by atoms with Crippen LogP contribution in [-0.2, 0) is 6.42 Å². The fraction of sp³-hybridized carbons (Fsp3) is 0.375. The minimum atomic E-state index is -1.04. The van der Waals surface area contributed by atoms with Crippen molar-refractivity contribution >= 4 is 5.97 Å². The van der Waals surface area contributed by atoms with E-state index >= 15 is 0 Å². The van der Waals surface area contributed by atoms with Gasteiger partial charge in [-0.15, -0.1) is 0 Å². The number of furan rings is 1. The molecule has 3 N–H and O–H groups in total. The Balaban J connectivity index is 2.92. The van der Waals surface area contributed by atoms with Crippen LogP contribution in [0.3, 0.4) is 0 Å². The Kier molecular flexibility index (Phi) is 2.50. The number of hydrogen-bond donors (Lipinski definition) is 2. The molecule has 0 atom stereocenters. The van der Waals surface area contributed by atoms with Gasteiger partial charge in [-0.1, -0.05) is 0 Å². The summed E-state index contributed by atoms with van der Waals surface area (Å²) in [6.07, 6.45) is 0.582. The lowest BCUT2D eigenvalue weighted by atomic mass is 10.2. The van der Waals surface area contributed by atoms with Crippen molar-refractivity contribution in [2.75, 3.05) is 6.54 Å². The van der Waals surface area contributed by atoms with E-state index < -0.39 is 5.97 Å². The average Bonchev–Trinajstić information content (AvgIpc) is 2.34. The van der Waals surface area contributed by atoms with Gasteiger partial charge >= 0.3 is 5.97 Å². The van der Waals surface area contributed by atoms with E-state index in [4.69, 9.17) is 15.3 Å². The van der Waals surface area contributed by atoms with E-state index in [0.29, 0.717) is 18.7 Å². The van der Waals surface area contributed by atoms with Crippen LogP contribution in [-0.4, -0.2) is 17.6 Å². The molecule has 1 aromatic rings. The van der Waals surface area contributed by atoms with Crippen LogP contribution in [0, 0.1) is 6.92 Å². The van der Waals surface area contributed by atoms with E-state index in [1.807, 2.05) is 0 Å². The predicted molar refractivity (Wildman–Crippen MR) is 43.2 cm³/mol. The average molecular weight is 169 g/mol. The van der Waals surface area contributed by atoms with Gasteiger partial charge in [0.2, 0.25) is 5.76 Å². The first-order valence-electron chi connectivity index (χ1n) is 3.68. The van der Waals surface area contributed by atoms with Gasteiger partial charge < -0.3 is 15.3 Å². The Bertz CT molecular complexity index is 290. The van der Waals surface area contributed by atoms with Gasteiger partial charge in [-0.25, -0.2) is 4.79 Å². The van der Waals surface area contributed by atoms with Crippen molar-refractivity contribution in [3.05, 3.63) is 23.2 Å². The quantitative estimate of drug-likeness (QED) is 0.701. The largest absolute Gasteiger partial charge is 0.475 e. The van der Waals surface area contributed by atoms with E-state index in [1.165, 1.54) is 6.07 Å². The molecule has 66 valence electrons. The van der Waals surface area contributed by atoms with Crippen molar-refractivity contribution in [1.82, 2.24) is 0 Å². The van der Waals surface area contributed by atoms with E-state index in [0.717, 1.165) is 5.56 Å². The molecule has 0 unspecified atom stereocenters. The van der Waals surface area contributed by atoms with Crippen LogP contribution in [0.2, 0.25) is 0 Å². The van der Waals surface area contributed by atoms with Crippen LogP contribution < -0.4 is 5.73 Å². The molecule has 0 bridgehead atoms. The zero-order valence-electron chi connectivity index (χ0n) is 6.83.